The van der Waals surface area contributed by atoms with Crippen LogP contribution in [0, 0.1) is 12.3 Å². The molecule has 0 radical (unpaired) electrons. The predicted octanol–water partition coefficient (Wildman–Crippen LogP) is 4.02. The Bertz CT molecular complexity index is 746. The largest absolute Gasteiger partial charge is 0.348 e. The lowest BCUT2D eigenvalue weighted by molar-refractivity contribution is -0.126. The summed E-state index contributed by atoms with van der Waals surface area (Å²) < 4.78 is 0. The smallest absolute Gasteiger partial charge is 0.251 e. The van der Waals surface area contributed by atoms with Crippen LogP contribution >= 0.6 is 0 Å². The van der Waals surface area contributed by atoms with Crippen molar-refractivity contribution in [2.75, 3.05) is 0 Å². The maximum absolute atomic E-state index is 12.9. The molecule has 4 nitrogen and oxygen atoms in total. The van der Waals surface area contributed by atoms with Gasteiger partial charge in [0, 0.05) is 5.56 Å². The SMILES string of the molecule is Cc1ccc([C@H](C)NC(=O)[C@@H](NC(=O)c2ccccc2)C(C)(C)C)cc1. The fourth-order valence-corrected chi connectivity index (χ4v) is 2.71. The minimum atomic E-state index is -0.636. The quantitative estimate of drug-likeness (QED) is 0.854. The van der Waals surface area contributed by atoms with Crippen molar-refractivity contribution in [1.82, 2.24) is 10.6 Å². The zero-order chi connectivity index (χ0) is 19.3. The summed E-state index contributed by atoms with van der Waals surface area (Å²) >= 11 is 0. The molecule has 0 fully saturated rings. The number of nitrogens with one attached hydrogen (secondary N) is 2. The van der Waals surface area contributed by atoms with E-state index in [4.69, 9.17) is 0 Å². The average Bonchev–Trinajstić information content (AvgIpc) is 2.59. The highest BCUT2D eigenvalue weighted by Gasteiger charge is 2.33. The van der Waals surface area contributed by atoms with Crippen molar-refractivity contribution in [2.45, 2.75) is 46.7 Å². The summed E-state index contributed by atoms with van der Waals surface area (Å²) in [5, 5.41) is 5.91. The third kappa shape index (κ3) is 5.19. The number of hydrogen-bond donors (Lipinski definition) is 2. The fourth-order valence-electron chi connectivity index (χ4n) is 2.71. The summed E-state index contributed by atoms with van der Waals surface area (Å²) in [6.45, 7) is 9.81. The van der Waals surface area contributed by atoms with Gasteiger partial charge in [-0.3, -0.25) is 9.59 Å². The third-order valence-electron chi connectivity index (χ3n) is 4.38. The van der Waals surface area contributed by atoms with E-state index in [1.54, 1.807) is 24.3 Å². The van der Waals surface area contributed by atoms with E-state index < -0.39 is 11.5 Å². The van der Waals surface area contributed by atoms with Crippen LogP contribution in [0.25, 0.3) is 0 Å². The first-order valence-corrected chi connectivity index (χ1v) is 8.91. The van der Waals surface area contributed by atoms with E-state index in [0.717, 1.165) is 5.56 Å². The second kappa shape index (κ2) is 8.17. The molecule has 2 atom stereocenters. The standard InChI is InChI=1S/C22H28N2O2/c1-15-11-13-17(14-12-15)16(2)23-21(26)19(22(3,4)5)24-20(25)18-9-7-6-8-10-18/h6-14,16,19H,1-5H3,(H,23,26)(H,24,25)/t16-,19+/m0/s1. The van der Waals surface area contributed by atoms with Gasteiger partial charge in [0.1, 0.15) is 6.04 Å². The molecule has 0 aliphatic rings. The summed E-state index contributed by atoms with van der Waals surface area (Å²) in [5.41, 5.74) is 2.34. The minimum Gasteiger partial charge on any atom is -0.348 e. The van der Waals surface area contributed by atoms with Gasteiger partial charge in [0.15, 0.2) is 0 Å². The Labute approximate surface area is 156 Å². The predicted molar refractivity (Wildman–Crippen MR) is 105 cm³/mol. The molecule has 26 heavy (non-hydrogen) atoms. The van der Waals surface area contributed by atoms with Gasteiger partial charge in [-0.15, -0.1) is 0 Å². The first kappa shape index (κ1) is 19.7. The molecule has 2 aromatic rings. The fraction of sp³-hybridized carbons (Fsp3) is 0.364. The summed E-state index contributed by atoms with van der Waals surface area (Å²) in [5.74, 6) is -0.432. The van der Waals surface area contributed by atoms with Gasteiger partial charge in [-0.2, -0.15) is 0 Å². The minimum absolute atomic E-state index is 0.137. The first-order valence-electron chi connectivity index (χ1n) is 8.91. The number of hydrogen-bond acceptors (Lipinski definition) is 2. The molecule has 2 aromatic carbocycles. The lowest BCUT2D eigenvalue weighted by atomic mass is 9.85. The van der Waals surface area contributed by atoms with Gasteiger partial charge in [0.25, 0.3) is 5.91 Å². The van der Waals surface area contributed by atoms with Crippen LogP contribution in [0.5, 0.6) is 0 Å². The van der Waals surface area contributed by atoms with Crippen molar-refractivity contribution in [3.63, 3.8) is 0 Å². The Hall–Kier alpha value is -2.62. The maximum atomic E-state index is 12.9. The molecule has 2 rings (SSSR count). The summed E-state index contributed by atoms with van der Waals surface area (Å²) in [4.78, 5) is 25.4. The Balaban J connectivity index is 2.12. The summed E-state index contributed by atoms with van der Waals surface area (Å²) in [6.07, 6.45) is 0. The van der Waals surface area contributed by atoms with Gasteiger partial charge < -0.3 is 10.6 Å². The third-order valence-corrected chi connectivity index (χ3v) is 4.38. The van der Waals surface area contributed by atoms with Crippen molar-refractivity contribution in [1.29, 1.82) is 0 Å². The monoisotopic (exact) mass is 352 g/mol. The lowest BCUT2D eigenvalue weighted by Gasteiger charge is -2.31. The molecule has 0 saturated heterocycles. The normalized spacial score (nSPS) is 13.6. The number of carbonyl (C=O) groups is 2. The van der Waals surface area contributed by atoms with Crippen LogP contribution in [0.4, 0.5) is 0 Å². The molecule has 0 aromatic heterocycles. The first-order chi connectivity index (χ1) is 12.2. The van der Waals surface area contributed by atoms with Crippen molar-refractivity contribution in [2.24, 2.45) is 5.41 Å². The van der Waals surface area contributed by atoms with E-state index in [-0.39, 0.29) is 17.9 Å². The van der Waals surface area contributed by atoms with Gasteiger partial charge in [0.05, 0.1) is 6.04 Å². The van der Waals surface area contributed by atoms with Crippen LogP contribution in [0.15, 0.2) is 54.6 Å². The molecule has 0 heterocycles. The van der Waals surface area contributed by atoms with Crippen LogP contribution in [-0.2, 0) is 4.79 Å². The van der Waals surface area contributed by atoms with Crippen molar-refractivity contribution >= 4 is 11.8 Å². The van der Waals surface area contributed by atoms with Crippen LogP contribution < -0.4 is 10.6 Å². The second-order valence-electron chi connectivity index (χ2n) is 7.78. The van der Waals surface area contributed by atoms with Crippen LogP contribution in [0.1, 0.15) is 55.2 Å². The Morgan fingerprint density at radius 1 is 0.885 bits per heavy atom. The lowest BCUT2D eigenvalue weighted by Crippen LogP contribution is -2.53. The molecule has 0 aliphatic heterocycles. The van der Waals surface area contributed by atoms with Crippen molar-refractivity contribution < 1.29 is 9.59 Å². The van der Waals surface area contributed by atoms with E-state index in [9.17, 15) is 9.59 Å². The number of aryl methyl sites for hydroxylation is 1. The molecular formula is C22H28N2O2. The van der Waals surface area contributed by atoms with Crippen LogP contribution in [0.2, 0.25) is 0 Å². The highest BCUT2D eigenvalue weighted by molar-refractivity contribution is 5.97. The van der Waals surface area contributed by atoms with E-state index in [0.29, 0.717) is 5.56 Å². The molecule has 138 valence electrons. The molecule has 0 aliphatic carbocycles. The molecule has 0 unspecified atom stereocenters. The maximum Gasteiger partial charge on any atom is 0.251 e. The van der Waals surface area contributed by atoms with Gasteiger partial charge in [0.2, 0.25) is 5.91 Å². The van der Waals surface area contributed by atoms with Crippen molar-refractivity contribution in [3.8, 4) is 0 Å². The topological polar surface area (TPSA) is 58.2 Å². The molecule has 2 N–H and O–H groups in total. The highest BCUT2D eigenvalue weighted by atomic mass is 16.2. The number of amides is 2. The van der Waals surface area contributed by atoms with Gasteiger partial charge in [-0.05, 0) is 37.0 Å². The Kier molecular flexibility index (Phi) is 6.19. The van der Waals surface area contributed by atoms with Crippen LogP contribution in [0.3, 0.4) is 0 Å². The average molecular weight is 352 g/mol. The van der Waals surface area contributed by atoms with Gasteiger partial charge >= 0.3 is 0 Å². The highest BCUT2D eigenvalue weighted by Crippen LogP contribution is 2.22. The molecule has 4 heteroatoms. The zero-order valence-electron chi connectivity index (χ0n) is 16.2. The number of benzene rings is 2. The molecular weight excluding hydrogens is 324 g/mol. The van der Waals surface area contributed by atoms with E-state index in [1.807, 2.05) is 65.0 Å². The Morgan fingerprint density at radius 3 is 2.00 bits per heavy atom. The van der Waals surface area contributed by atoms with Crippen molar-refractivity contribution in [3.05, 3.63) is 71.3 Å². The number of carbonyl (C=O) groups excluding carboxylic acids is 2. The zero-order valence-corrected chi connectivity index (χ0v) is 16.2. The van der Waals surface area contributed by atoms with Crippen LogP contribution in [-0.4, -0.2) is 17.9 Å². The second-order valence-corrected chi connectivity index (χ2v) is 7.78. The molecule has 0 bridgehead atoms. The van der Waals surface area contributed by atoms with E-state index >= 15 is 0 Å². The summed E-state index contributed by atoms with van der Waals surface area (Å²) in [7, 11) is 0. The van der Waals surface area contributed by atoms with Gasteiger partial charge in [-0.1, -0.05) is 68.8 Å². The van der Waals surface area contributed by atoms with Gasteiger partial charge in [-0.25, -0.2) is 0 Å². The molecule has 2 amide bonds. The van der Waals surface area contributed by atoms with E-state index in [1.165, 1.54) is 5.56 Å². The Morgan fingerprint density at radius 2 is 1.46 bits per heavy atom. The number of rotatable bonds is 5. The van der Waals surface area contributed by atoms with E-state index in [2.05, 4.69) is 10.6 Å². The molecule has 0 spiro atoms. The molecule has 0 saturated carbocycles. The summed E-state index contributed by atoms with van der Waals surface area (Å²) in [6, 6.07) is 16.2.